The van der Waals surface area contributed by atoms with Crippen LogP contribution in [-0.4, -0.2) is 87.0 Å². The largest absolute Gasteiger partial charge is 0.508 e. The predicted molar refractivity (Wildman–Crippen MR) is 150 cm³/mol. The van der Waals surface area contributed by atoms with Crippen molar-refractivity contribution in [2.75, 3.05) is 33.4 Å². The molecular formula is C29H40N2O9S. The fraction of sp³-hybridized carbons (Fsp3) is 0.552. The minimum Gasteiger partial charge on any atom is -0.508 e. The zero-order chi connectivity index (χ0) is 29.6. The Morgan fingerprint density at radius 3 is 2.49 bits per heavy atom. The lowest BCUT2D eigenvalue weighted by atomic mass is 10.0. The number of nitrogens with one attached hydrogen (secondary N) is 1. The summed E-state index contributed by atoms with van der Waals surface area (Å²) in [7, 11) is -2.48. The summed E-state index contributed by atoms with van der Waals surface area (Å²) in [6.45, 7) is 4.59. The highest BCUT2D eigenvalue weighted by atomic mass is 32.2. The van der Waals surface area contributed by atoms with Crippen LogP contribution in [0, 0.1) is 11.8 Å². The van der Waals surface area contributed by atoms with Crippen LogP contribution in [-0.2, 0) is 30.7 Å². The van der Waals surface area contributed by atoms with Gasteiger partial charge in [0.15, 0.2) is 6.29 Å². The van der Waals surface area contributed by atoms with Crippen LogP contribution in [0.5, 0.6) is 11.5 Å². The van der Waals surface area contributed by atoms with Crippen LogP contribution in [0.25, 0.3) is 0 Å². The van der Waals surface area contributed by atoms with E-state index in [1.54, 1.807) is 24.3 Å². The Hall–Kier alpha value is -2.90. The van der Waals surface area contributed by atoms with Crippen LogP contribution in [0.2, 0.25) is 0 Å². The average Bonchev–Trinajstić information content (AvgIpc) is 3.58. The molecule has 4 rings (SSSR count). The number of hydrogen-bond donors (Lipinski definition) is 3. The smallest absolute Gasteiger partial charge is 0.407 e. The van der Waals surface area contributed by atoms with Gasteiger partial charge in [-0.3, -0.25) is 0 Å². The van der Waals surface area contributed by atoms with Crippen molar-refractivity contribution in [3.8, 4) is 11.5 Å². The lowest BCUT2D eigenvalue weighted by Gasteiger charge is -2.31. The number of phenols is 1. The highest BCUT2D eigenvalue weighted by Gasteiger charge is 2.44. The van der Waals surface area contributed by atoms with Crippen LogP contribution in [0.15, 0.2) is 53.4 Å². The molecule has 3 N–H and O–H groups in total. The maximum atomic E-state index is 13.7. The molecule has 0 bridgehead atoms. The third kappa shape index (κ3) is 7.89. The van der Waals surface area contributed by atoms with Crippen molar-refractivity contribution in [1.82, 2.24) is 9.62 Å². The van der Waals surface area contributed by atoms with Crippen LogP contribution < -0.4 is 10.1 Å². The molecule has 12 heteroatoms. The number of aliphatic hydroxyl groups is 1. The van der Waals surface area contributed by atoms with Crippen LogP contribution in [0.3, 0.4) is 0 Å². The van der Waals surface area contributed by atoms with Crippen LogP contribution in [0.1, 0.15) is 32.3 Å². The van der Waals surface area contributed by atoms with E-state index in [4.69, 9.17) is 18.9 Å². The van der Waals surface area contributed by atoms with Gasteiger partial charge in [-0.05, 0) is 60.7 Å². The Labute approximate surface area is 241 Å². The molecule has 2 saturated heterocycles. The Kier molecular flexibility index (Phi) is 10.5. The van der Waals surface area contributed by atoms with Gasteiger partial charge in [0, 0.05) is 13.1 Å². The van der Waals surface area contributed by atoms with Gasteiger partial charge in [0.25, 0.3) is 0 Å². The fourth-order valence-corrected chi connectivity index (χ4v) is 6.60. The Morgan fingerprint density at radius 1 is 1.12 bits per heavy atom. The average molecular weight is 593 g/mol. The van der Waals surface area contributed by atoms with Crippen molar-refractivity contribution < 1.29 is 42.4 Å². The molecule has 0 radical (unpaired) electrons. The number of ether oxygens (including phenoxy) is 4. The van der Waals surface area contributed by atoms with Gasteiger partial charge in [-0.15, -0.1) is 0 Å². The van der Waals surface area contributed by atoms with Gasteiger partial charge < -0.3 is 34.5 Å². The van der Waals surface area contributed by atoms with Crippen molar-refractivity contribution >= 4 is 16.1 Å². The highest BCUT2D eigenvalue weighted by molar-refractivity contribution is 7.89. The monoisotopic (exact) mass is 592 g/mol. The van der Waals surface area contributed by atoms with E-state index in [9.17, 15) is 23.4 Å². The number of hydrogen-bond acceptors (Lipinski definition) is 9. The minimum absolute atomic E-state index is 0.0210. The first-order chi connectivity index (χ1) is 19.6. The maximum absolute atomic E-state index is 13.7. The SMILES string of the molecule is CC[C@H](C)CN(C[C@@H](O)[C@H](Cc1ccc(O)cc1)NC(=O)O[C@H]1CO[C@H]2OCC[C@H]21)S(=O)(=O)c1ccc(OC)cc1. The summed E-state index contributed by atoms with van der Waals surface area (Å²) in [6.07, 6.45) is -1.25. The Morgan fingerprint density at radius 2 is 1.83 bits per heavy atom. The zero-order valence-corrected chi connectivity index (χ0v) is 24.5. The maximum Gasteiger partial charge on any atom is 0.407 e. The molecule has 2 aliphatic rings. The van der Waals surface area contributed by atoms with Gasteiger partial charge in [0.1, 0.15) is 17.6 Å². The Bertz CT molecular complexity index is 1240. The summed E-state index contributed by atoms with van der Waals surface area (Å²) >= 11 is 0. The standard InChI is InChI=1S/C29H40N2O9S/c1-4-19(2)16-31(41(35,36)23-11-9-22(37-3)10-12-23)17-26(33)25(15-20-5-7-21(32)8-6-20)30-29(34)40-27-18-39-28-24(27)13-14-38-28/h5-12,19,24-28,32-33H,4,13-18H2,1-3H3,(H,30,34)/t19-,24-,25-,26+,27-,28+/m0/s1. The molecule has 0 spiro atoms. The first-order valence-electron chi connectivity index (χ1n) is 13.9. The number of benzene rings is 2. The van der Waals surface area contributed by atoms with Gasteiger partial charge in [-0.25, -0.2) is 13.2 Å². The number of fused-ring (bicyclic) bond motifs is 1. The predicted octanol–water partition coefficient (Wildman–Crippen LogP) is 2.90. The first kappa shape index (κ1) is 31.0. The van der Waals surface area contributed by atoms with E-state index >= 15 is 0 Å². The molecule has 0 aromatic heterocycles. The number of carbonyl (C=O) groups is 1. The number of carbonyl (C=O) groups excluding carboxylic acids is 1. The van der Waals surface area contributed by atoms with Gasteiger partial charge >= 0.3 is 6.09 Å². The number of phenolic OH excluding ortho intramolecular Hbond substituents is 1. The fourth-order valence-electron chi connectivity index (χ4n) is 5.02. The molecule has 0 unspecified atom stereocenters. The molecule has 11 nitrogen and oxygen atoms in total. The molecule has 2 aliphatic heterocycles. The number of aromatic hydroxyl groups is 1. The van der Waals surface area contributed by atoms with Gasteiger partial charge in [-0.1, -0.05) is 32.4 Å². The summed E-state index contributed by atoms with van der Waals surface area (Å²) in [6, 6.07) is 11.6. The molecule has 2 heterocycles. The second kappa shape index (κ2) is 13.8. The van der Waals surface area contributed by atoms with E-state index in [0.717, 1.165) is 18.4 Å². The molecule has 2 aromatic carbocycles. The molecule has 6 atom stereocenters. The van der Waals surface area contributed by atoms with Gasteiger partial charge in [-0.2, -0.15) is 4.31 Å². The number of sulfonamides is 1. The van der Waals surface area contributed by atoms with E-state index < -0.39 is 34.4 Å². The molecule has 0 saturated carbocycles. The normalized spacial score (nSPS) is 22.6. The molecule has 226 valence electrons. The molecule has 2 aromatic rings. The summed E-state index contributed by atoms with van der Waals surface area (Å²) in [5, 5.41) is 23.9. The van der Waals surface area contributed by atoms with Crippen molar-refractivity contribution in [1.29, 1.82) is 0 Å². The number of rotatable bonds is 13. The lowest BCUT2D eigenvalue weighted by molar-refractivity contribution is -0.0907. The van der Waals surface area contributed by atoms with Gasteiger partial charge in [0.2, 0.25) is 10.0 Å². The number of nitrogens with zero attached hydrogens (tertiary/aromatic N) is 1. The second-order valence-electron chi connectivity index (χ2n) is 10.7. The number of aliphatic hydroxyl groups excluding tert-OH is 1. The Balaban J connectivity index is 1.53. The number of amides is 1. The zero-order valence-electron chi connectivity index (χ0n) is 23.6. The van der Waals surface area contributed by atoms with Crippen LogP contribution in [0.4, 0.5) is 4.79 Å². The van der Waals surface area contributed by atoms with E-state index in [1.807, 2.05) is 13.8 Å². The number of methoxy groups -OCH3 is 1. The van der Waals surface area contributed by atoms with E-state index in [1.165, 1.54) is 35.7 Å². The first-order valence-corrected chi connectivity index (χ1v) is 15.3. The summed E-state index contributed by atoms with van der Waals surface area (Å²) < 4.78 is 50.5. The van der Waals surface area contributed by atoms with Crippen molar-refractivity contribution in [2.24, 2.45) is 11.8 Å². The number of alkyl carbamates (subject to hydrolysis) is 1. The van der Waals surface area contributed by atoms with Gasteiger partial charge in [0.05, 0.1) is 43.3 Å². The summed E-state index contributed by atoms with van der Waals surface area (Å²) in [5.41, 5.74) is 0.729. The summed E-state index contributed by atoms with van der Waals surface area (Å²) in [4.78, 5) is 13.1. The molecule has 1 amide bonds. The molecule has 0 aliphatic carbocycles. The second-order valence-corrected chi connectivity index (χ2v) is 12.6. The highest BCUT2D eigenvalue weighted by Crippen LogP contribution is 2.33. The molecular weight excluding hydrogens is 552 g/mol. The minimum atomic E-state index is -3.98. The van der Waals surface area contributed by atoms with E-state index in [2.05, 4.69) is 5.32 Å². The van der Waals surface area contributed by atoms with Crippen molar-refractivity contribution in [2.45, 2.75) is 62.5 Å². The lowest BCUT2D eigenvalue weighted by Crippen LogP contribution is -2.51. The third-order valence-electron chi connectivity index (χ3n) is 7.70. The summed E-state index contributed by atoms with van der Waals surface area (Å²) in [5.74, 6) is 0.574. The molecule has 2 fully saturated rings. The topological polar surface area (TPSA) is 144 Å². The quantitative estimate of drug-likeness (QED) is 0.320. The van der Waals surface area contributed by atoms with Crippen molar-refractivity contribution in [3.63, 3.8) is 0 Å². The van der Waals surface area contributed by atoms with E-state index in [0.29, 0.717) is 12.4 Å². The van der Waals surface area contributed by atoms with Crippen molar-refractivity contribution in [3.05, 3.63) is 54.1 Å². The van der Waals surface area contributed by atoms with Crippen LogP contribution >= 0.6 is 0 Å². The third-order valence-corrected chi connectivity index (χ3v) is 9.55. The molecule has 41 heavy (non-hydrogen) atoms. The van der Waals surface area contributed by atoms with E-state index in [-0.39, 0.29) is 54.9 Å².